The highest BCUT2D eigenvalue weighted by Crippen LogP contribution is 2.31. The molecule has 4 aromatic rings. The second kappa shape index (κ2) is 15.3. The molecule has 0 aliphatic carbocycles. The smallest absolute Gasteiger partial charge is 0.338 e. The molecule has 0 bridgehead atoms. The zero-order valence-corrected chi connectivity index (χ0v) is 24.2. The van der Waals surface area contributed by atoms with Gasteiger partial charge in [-0.1, -0.05) is 72.8 Å². The van der Waals surface area contributed by atoms with Crippen molar-refractivity contribution in [1.82, 2.24) is 0 Å². The highest BCUT2D eigenvalue weighted by Gasteiger charge is 2.54. The fourth-order valence-electron chi connectivity index (χ4n) is 4.69. The van der Waals surface area contributed by atoms with E-state index >= 15 is 0 Å². The Labute approximate surface area is 263 Å². The molecule has 1 aliphatic rings. The minimum Gasteiger partial charge on any atom is -0.459 e. The van der Waals surface area contributed by atoms with Crippen molar-refractivity contribution in [2.45, 2.75) is 30.7 Å². The van der Waals surface area contributed by atoms with E-state index in [0.717, 1.165) is 0 Å². The van der Waals surface area contributed by atoms with E-state index in [-0.39, 0.29) is 28.7 Å². The lowest BCUT2D eigenvalue weighted by Crippen LogP contribution is -2.63. The zero-order valence-electron chi connectivity index (χ0n) is 24.2. The monoisotopic (exact) mass is 624 g/mol. The van der Waals surface area contributed by atoms with Gasteiger partial charge in [0.05, 0.1) is 22.3 Å². The quantitative estimate of drug-likeness (QED) is 0.133. The number of esters is 4. The molecule has 11 nitrogen and oxygen atoms in total. The summed E-state index contributed by atoms with van der Waals surface area (Å²) in [5.41, 5.74) is 0.658. The van der Waals surface area contributed by atoms with Crippen molar-refractivity contribution in [3.8, 4) is 0 Å². The van der Waals surface area contributed by atoms with Crippen molar-refractivity contribution in [2.75, 3.05) is 6.61 Å². The van der Waals surface area contributed by atoms with Gasteiger partial charge in [0.15, 0.2) is 12.2 Å². The molecule has 0 spiro atoms. The van der Waals surface area contributed by atoms with E-state index in [4.69, 9.17) is 28.4 Å². The van der Waals surface area contributed by atoms with Crippen LogP contribution in [0.25, 0.3) is 0 Å². The second-order valence-electron chi connectivity index (χ2n) is 9.95. The first-order valence-corrected chi connectivity index (χ1v) is 14.2. The number of rotatable bonds is 11. The Morgan fingerprint density at radius 2 is 0.891 bits per heavy atom. The largest absolute Gasteiger partial charge is 0.459 e. The fourth-order valence-corrected chi connectivity index (χ4v) is 4.69. The predicted molar refractivity (Wildman–Crippen MR) is 159 cm³/mol. The lowest BCUT2D eigenvalue weighted by molar-refractivity contribution is -0.286. The Balaban J connectivity index is 1.52. The van der Waals surface area contributed by atoms with Crippen LogP contribution < -0.4 is 0 Å². The standard InChI is InChI=1S/C35H28O11/c36-22-42-35-30(46-34(40)26-19-11-4-12-20-26)29(45-33(39)25-17-9-3-10-18-25)28(44-32(38)24-15-7-2-8-16-24)27(43-35)21-41-31(37)23-13-5-1-6-14-23/h1-20,22,27-30,35H,21H2/t27-,28-,29+,30-,35-/m1/s1. The summed E-state index contributed by atoms with van der Waals surface area (Å²) in [6.45, 7) is -0.467. The molecule has 5 rings (SSSR count). The van der Waals surface area contributed by atoms with Gasteiger partial charge in [0.2, 0.25) is 12.4 Å². The van der Waals surface area contributed by atoms with E-state index in [1.165, 1.54) is 36.4 Å². The Kier molecular flexibility index (Phi) is 10.5. The third kappa shape index (κ3) is 7.82. The van der Waals surface area contributed by atoms with Gasteiger partial charge in [-0.05, 0) is 48.5 Å². The average Bonchev–Trinajstić information content (AvgIpc) is 3.11. The first-order chi connectivity index (χ1) is 22.4. The van der Waals surface area contributed by atoms with Crippen LogP contribution in [0.2, 0.25) is 0 Å². The summed E-state index contributed by atoms with van der Waals surface area (Å²) >= 11 is 0. The summed E-state index contributed by atoms with van der Waals surface area (Å²) in [7, 11) is 0. The Morgan fingerprint density at radius 1 is 0.522 bits per heavy atom. The molecule has 0 amide bonds. The normalized spacial score (nSPS) is 20.4. The number of hydrogen-bond donors (Lipinski definition) is 0. The second-order valence-corrected chi connectivity index (χ2v) is 9.95. The molecule has 4 aromatic carbocycles. The van der Waals surface area contributed by atoms with Crippen LogP contribution in [-0.2, 0) is 33.2 Å². The van der Waals surface area contributed by atoms with Crippen molar-refractivity contribution >= 4 is 30.3 Å². The zero-order chi connectivity index (χ0) is 32.3. The van der Waals surface area contributed by atoms with Crippen molar-refractivity contribution in [1.29, 1.82) is 0 Å². The highest BCUT2D eigenvalue weighted by molar-refractivity contribution is 5.91. The van der Waals surface area contributed by atoms with Gasteiger partial charge in [-0.15, -0.1) is 0 Å². The van der Waals surface area contributed by atoms with E-state index < -0.39 is 61.2 Å². The van der Waals surface area contributed by atoms with Crippen LogP contribution in [0.15, 0.2) is 121 Å². The van der Waals surface area contributed by atoms with E-state index in [0.29, 0.717) is 0 Å². The summed E-state index contributed by atoms with van der Waals surface area (Å²) < 4.78 is 34.0. The van der Waals surface area contributed by atoms with Gasteiger partial charge in [-0.3, -0.25) is 4.79 Å². The molecule has 0 aromatic heterocycles. The number of carbonyl (C=O) groups excluding carboxylic acids is 5. The maximum Gasteiger partial charge on any atom is 0.338 e. The van der Waals surface area contributed by atoms with Crippen LogP contribution in [-0.4, -0.2) is 67.7 Å². The van der Waals surface area contributed by atoms with E-state index in [9.17, 15) is 24.0 Å². The van der Waals surface area contributed by atoms with Crippen LogP contribution >= 0.6 is 0 Å². The molecule has 1 fully saturated rings. The SMILES string of the molecule is O=CO[C@@H]1O[C@H](COC(=O)c2ccccc2)[C@@H](OC(=O)c2ccccc2)[C@H](OC(=O)c2ccccc2)[C@H]1OC(=O)c1ccccc1. The molecule has 1 saturated heterocycles. The third-order valence-electron chi connectivity index (χ3n) is 6.93. The Hall–Kier alpha value is -5.81. The van der Waals surface area contributed by atoms with Gasteiger partial charge in [-0.25, -0.2) is 19.2 Å². The predicted octanol–water partition coefficient (Wildman–Crippen LogP) is 4.42. The van der Waals surface area contributed by atoms with Gasteiger partial charge < -0.3 is 28.4 Å². The molecule has 1 aliphatic heterocycles. The highest BCUT2D eigenvalue weighted by atomic mass is 16.7. The fraction of sp³-hybridized carbons (Fsp3) is 0.171. The molecule has 0 saturated carbocycles. The molecule has 46 heavy (non-hydrogen) atoms. The van der Waals surface area contributed by atoms with Gasteiger partial charge >= 0.3 is 23.9 Å². The lowest BCUT2D eigenvalue weighted by Gasteiger charge is -2.43. The average molecular weight is 625 g/mol. The van der Waals surface area contributed by atoms with Crippen molar-refractivity contribution in [3.63, 3.8) is 0 Å². The molecule has 11 heteroatoms. The Bertz CT molecular complexity index is 1630. The number of ether oxygens (including phenoxy) is 6. The van der Waals surface area contributed by atoms with Crippen LogP contribution in [0.4, 0.5) is 0 Å². The van der Waals surface area contributed by atoms with E-state index in [1.54, 1.807) is 84.9 Å². The van der Waals surface area contributed by atoms with Crippen LogP contribution in [0.1, 0.15) is 41.4 Å². The van der Waals surface area contributed by atoms with Crippen molar-refractivity contribution < 1.29 is 52.4 Å². The molecule has 5 atom stereocenters. The van der Waals surface area contributed by atoms with E-state index in [2.05, 4.69) is 0 Å². The molecule has 1 heterocycles. The van der Waals surface area contributed by atoms with Crippen LogP contribution in [0, 0.1) is 0 Å². The number of carbonyl (C=O) groups is 5. The van der Waals surface area contributed by atoms with Crippen LogP contribution in [0.3, 0.4) is 0 Å². The first-order valence-electron chi connectivity index (χ1n) is 14.2. The maximum absolute atomic E-state index is 13.4. The van der Waals surface area contributed by atoms with Crippen molar-refractivity contribution in [2.24, 2.45) is 0 Å². The molecule has 234 valence electrons. The maximum atomic E-state index is 13.4. The molecule has 0 radical (unpaired) electrons. The summed E-state index contributed by atoms with van der Waals surface area (Å²) in [4.78, 5) is 64.4. The van der Waals surface area contributed by atoms with Gasteiger partial charge in [0, 0.05) is 0 Å². The summed E-state index contributed by atoms with van der Waals surface area (Å²) in [5.74, 6) is -3.28. The molecular weight excluding hydrogens is 596 g/mol. The lowest BCUT2D eigenvalue weighted by atomic mass is 9.97. The topological polar surface area (TPSA) is 141 Å². The molecular formula is C35H28O11. The molecule has 0 N–H and O–H groups in total. The van der Waals surface area contributed by atoms with Gasteiger partial charge in [-0.2, -0.15) is 0 Å². The first kappa shape index (κ1) is 31.6. The van der Waals surface area contributed by atoms with E-state index in [1.807, 2.05) is 0 Å². The van der Waals surface area contributed by atoms with Gasteiger partial charge in [0.1, 0.15) is 12.7 Å². The minimum atomic E-state index is -1.66. The summed E-state index contributed by atoms with van der Waals surface area (Å²) in [5, 5.41) is 0. The van der Waals surface area contributed by atoms with Crippen LogP contribution in [0.5, 0.6) is 0 Å². The van der Waals surface area contributed by atoms with Gasteiger partial charge in [0.25, 0.3) is 6.47 Å². The Morgan fingerprint density at radius 3 is 1.30 bits per heavy atom. The molecule has 0 unspecified atom stereocenters. The van der Waals surface area contributed by atoms with Crippen molar-refractivity contribution in [3.05, 3.63) is 144 Å². The summed E-state index contributed by atoms with van der Waals surface area (Å²) in [6, 6.07) is 31.9. The number of benzene rings is 4. The minimum absolute atomic E-state index is 0.0629. The third-order valence-corrected chi connectivity index (χ3v) is 6.93. The number of hydrogen-bond acceptors (Lipinski definition) is 11. The summed E-state index contributed by atoms with van der Waals surface area (Å²) in [6.07, 6.45) is -7.77.